The van der Waals surface area contributed by atoms with Crippen LogP contribution in [0.5, 0.6) is 0 Å². The second kappa shape index (κ2) is 6.39. The van der Waals surface area contributed by atoms with E-state index in [-0.39, 0.29) is 22.7 Å². The van der Waals surface area contributed by atoms with Crippen LogP contribution in [0.3, 0.4) is 0 Å². The van der Waals surface area contributed by atoms with Crippen LogP contribution >= 0.6 is 0 Å². The van der Waals surface area contributed by atoms with Crippen molar-refractivity contribution in [3.05, 3.63) is 33.9 Å². The maximum atomic E-state index is 12.2. The van der Waals surface area contributed by atoms with Gasteiger partial charge >= 0.3 is 5.97 Å². The van der Waals surface area contributed by atoms with E-state index >= 15 is 0 Å². The highest BCUT2D eigenvalue weighted by Crippen LogP contribution is 2.34. The third-order valence-corrected chi connectivity index (χ3v) is 3.86. The predicted molar refractivity (Wildman–Crippen MR) is 90.3 cm³/mol. The van der Waals surface area contributed by atoms with Crippen LogP contribution in [-0.4, -0.2) is 35.7 Å². The Kier molecular flexibility index (Phi) is 4.85. The second-order valence-electron chi connectivity index (χ2n) is 7.69. The van der Waals surface area contributed by atoms with Crippen LogP contribution in [-0.2, 0) is 9.47 Å². The van der Waals surface area contributed by atoms with Crippen molar-refractivity contribution >= 4 is 17.3 Å². The maximum Gasteiger partial charge on any atom is 0.338 e. The van der Waals surface area contributed by atoms with Crippen molar-refractivity contribution in [2.24, 2.45) is 5.41 Å². The molecule has 1 fully saturated rings. The summed E-state index contributed by atoms with van der Waals surface area (Å²) >= 11 is 0. The summed E-state index contributed by atoms with van der Waals surface area (Å²) < 4.78 is 10.8. The number of benzene rings is 1. The minimum atomic E-state index is -0.631. The fraction of sp³-hybridized carbons (Fsp3) is 0.588. The van der Waals surface area contributed by atoms with E-state index in [2.05, 4.69) is 5.32 Å². The van der Waals surface area contributed by atoms with Gasteiger partial charge in [0.15, 0.2) is 0 Å². The standard InChI is InChI=1S/C17H24N2O5/c1-16(2,3)24-15(20)11-6-7-13(19(21)22)12(8-11)18-14-9-23-10-17(14,4)5/h6-8,14,18H,9-10H2,1-5H3. The third kappa shape index (κ3) is 4.23. The summed E-state index contributed by atoms with van der Waals surface area (Å²) in [5.74, 6) is -0.512. The van der Waals surface area contributed by atoms with Gasteiger partial charge in [0.1, 0.15) is 11.3 Å². The molecule has 1 aliphatic heterocycles. The van der Waals surface area contributed by atoms with Crippen LogP contribution in [0.25, 0.3) is 0 Å². The topological polar surface area (TPSA) is 90.7 Å². The predicted octanol–water partition coefficient (Wildman–Crippen LogP) is 3.39. The molecule has 1 atom stereocenters. The minimum Gasteiger partial charge on any atom is -0.456 e. The fourth-order valence-corrected chi connectivity index (χ4v) is 2.47. The largest absolute Gasteiger partial charge is 0.456 e. The van der Waals surface area contributed by atoms with Crippen molar-refractivity contribution in [2.45, 2.75) is 46.3 Å². The molecule has 132 valence electrons. The number of nitrogens with one attached hydrogen (secondary N) is 1. The molecule has 0 bridgehead atoms. The van der Waals surface area contributed by atoms with Crippen molar-refractivity contribution in [1.82, 2.24) is 0 Å². The van der Waals surface area contributed by atoms with Gasteiger partial charge in [-0.1, -0.05) is 13.8 Å². The fourth-order valence-electron chi connectivity index (χ4n) is 2.47. The number of esters is 1. The number of rotatable bonds is 4. The van der Waals surface area contributed by atoms with Crippen molar-refractivity contribution in [3.63, 3.8) is 0 Å². The molecule has 1 N–H and O–H groups in total. The summed E-state index contributed by atoms with van der Waals surface area (Å²) in [6.07, 6.45) is 0. The van der Waals surface area contributed by atoms with Gasteiger partial charge in [-0.15, -0.1) is 0 Å². The van der Waals surface area contributed by atoms with Gasteiger partial charge in [-0.2, -0.15) is 0 Å². The van der Waals surface area contributed by atoms with Crippen molar-refractivity contribution in [1.29, 1.82) is 0 Å². The number of nitro groups is 1. The SMILES string of the molecule is CC(C)(C)OC(=O)c1ccc([N+](=O)[O-])c(NC2COCC2(C)C)c1. The van der Waals surface area contributed by atoms with E-state index < -0.39 is 16.5 Å². The lowest BCUT2D eigenvalue weighted by molar-refractivity contribution is -0.384. The molecule has 0 spiro atoms. The zero-order valence-electron chi connectivity index (χ0n) is 14.7. The van der Waals surface area contributed by atoms with Gasteiger partial charge in [0.05, 0.1) is 29.7 Å². The van der Waals surface area contributed by atoms with E-state index in [0.29, 0.717) is 18.9 Å². The lowest BCUT2D eigenvalue weighted by atomic mass is 9.87. The number of hydrogen-bond donors (Lipinski definition) is 1. The molecule has 2 rings (SSSR count). The molecule has 0 aromatic heterocycles. The number of hydrogen-bond acceptors (Lipinski definition) is 6. The number of carbonyl (C=O) groups excluding carboxylic acids is 1. The third-order valence-electron chi connectivity index (χ3n) is 3.86. The Morgan fingerprint density at radius 1 is 1.42 bits per heavy atom. The Bertz CT molecular complexity index is 649. The molecule has 0 saturated carbocycles. The van der Waals surface area contributed by atoms with E-state index in [1.165, 1.54) is 18.2 Å². The van der Waals surface area contributed by atoms with E-state index in [4.69, 9.17) is 9.47 Å². The molecule has 1 aliphatic rings. The Hall–Kier alpha value is -2.15. The highest BCUT2D eigenvalue weighted by molar-refractivity contribution is 5.92. The monoisotopic (exact) mass is 336 g/mol. The maximum absolute atomic E-state index is 12.2. The average molecular weight is 336 g/mol. The van der Waals surface area contributed by atoms with Crippen LogP contribution in [0.15, 0.2) is 18.2 Å². The van der Waals surface area contributed by atoms with Gasteiger partial charge in [-0.25, -0.2) is 4.79 Å². The Labute approximate surface area is 141 Å². The molecule has 1 heterocycles. The smallest absolute Gasteiger partial charge is 0.338 e. The van der Waals surface area contributed by atoms with Gasteiger partial charge < -0.3 is 14.8 Å². The van der Waals surface area contributed by atoms with Gasteiger partial charge in [0.25, 0.3) is 5.69 Å². The van der Waals surface area contributed by atoms with E-state index in [0.717, 1.165) is 0 Å². The first-order chi connectivity index (χ1) is 11.0. The van der Waals surface area contributed by atoms with Crippen LogP contribution in [0, 0.1) is 15.5 Å². The zero-order valence-corrected chi connectivity index (χ0v) is 14.7. The van der Waals surface area contributed by atoms with Crippen LogP contribution in [0.1, 0.15) is 45.0 Å². The van der Waals surface area contributed by atoms with Crippen molar-refractivity contribution < 1.29 is 19.2 Å². The van der Waals surface area contributed by atoms with Crippen molar-refractivity contribution in [2.75, 3.05) is 18.5 Å². The first kappa shape index (κ1) is 18.2. The number of ether oxygens (including phenoxy) is 2. The molecule has 7 nitrogen and oxygen atoms in total. The number of nitrogens with zero attached hydrogens (tertiary/aromatic N) is 1. The van der Waals surface area contributed by atoms with Gasteiger partial charge in [-0.3, -0.25) is 10.1 Å². The number of nitro benzene ring substituents is 1. The first-order valence-corrected chi connectivity index (χ1v) is 7.86. The quantitative estimate of drug-likeness (QED) is 0.515. The van der Waals surface area contributed by atoms with E-state index in [1.54, 1.807) is 20.8 Å². The molecular formula is C17H24N2O5. The number of carbonyl (C=O) groups is 1. The number of anilines is 1. The zero-order chi connectivity index (χ0) is 18.1. The van der Waals surface area contributed by atoms with Gasteiger partial charge in [0, 0.05) is 11.5 Å². The minimum absolute atomic E-state index is 0.0786. The van der Waals surface area contributed by atoms with Crippen LogP contribution < -0.4 is 5.32 Å². The molecule has 1 aromatic carbocycles. The van der Waals surface area contributed by atoms with Crippen molar-refractivity contribution in [3.8, 4) is 0 Å². The Morgan fingerprint density at radius 3 is 2.58 bits per heavy atom. The molecule has 1 unspecified atom stereocenters. The highest BCUT2D eigenvalue weighted by Gasteiger charge is 2.36. The molecular weight excluding hydrogens is 312 g/mol. The van der Waals surface area contributed by atoms with Gasteiger partial charge in [-0.05, 0) is 32.9 Å². The van der Waals surface area contributed by atoms with Gasteiger partial charge in [0.2, 0.25) is 0 Å². The highest BCUT2D eigenvalue weighted by atomic mass is 16.6. The van der Waals surface area contributed by atoms with E-state index in [9.17, 15) is 14.9 Å². The average Bonchev–Trinajstić information content (AvgIpc) is 2.75. The summed E-state index contributed by atoms with van der Waals surface area (Å²) in [7, 11) is 0. The lowest BCUT2D eigenvalue weighted by Crippen LogP contribution is -2.34. The second-order valence-corrected chi connectivity index (χ2v) is 7.69. The molecule has 1 saturated heterocycles. The molecule has 24 heavy (non-hydrogen) atoms. The van der Waals surface area contributed by atoms with Crippen LogP contribution in [0.4, 0.5) is 11.4 Å². The summed E-state index contributed by atoms with van der Waals surface area (Å²) in [4.78, 5) is 23.0. The summed E-state index contributed by atoms with van der Waals surface area (Å²) in [5.41, 5.74) is -0.296. The molecule has 0 radical (unpaired) electrons. The molecule has 1 aromatic rings. The Balaban J connectivity index is 2.32. The van der Waals surface area contributed by atoms with E-state index in [1.807, 2.05) is 13.8 Å². The normalized spacial score (nSPS) is 19.8. The Morgan fingerprint density at radius 2 is 2.08 bits per heavy atom. The molecule has 0 amide bonds. The molecule has 0 aliphatic carbocycles. The lowest BCUT2D eigenvalue weighted by Gasteiger charge is -2.26. The summed E-state index contributed by atoms with van der Waals surface area (Å²) in [6.45, 7) is 10.4. The summed E-state index contributed by atoms with van der Waals surface area (Å²) in [5, 5.41) is 14.4. The first-order valence-electron chi connectivity index (χ1n) is 7.86. The van der Waals surface area contributed by atoms with Crippen LogP contribution in [0.2, 0.25) is 0 Å². The summed E-state index contributed by atoms with van der Waals surface area (Å²) in [6, 6.07) is 4.13. The molecule has 7 heteroatoms.